The number of carbonyl (C=O) groups excluding carboxylic acids is 2. The minimum absolute atomic E-state index is 0.0177. The summed E-state index contributed by atoms with van der Waals surface area (Å²) in [7, 11) is 0. The number of rotatable bonds is 4. The number of benzene rings is 1. The van der Waals surface area contributed by atoms with Crippen LogP contribution in [0.25, 0.3) is 0 Å². The smallest absolute Gasteiger partial charge is 0.340 e. The quantitative estimate of drug-likeness (QED) is 0.833. The molecule has 0 spiro atoms. The van der Waals surface area contributed by atoms with Crippen LogP contribution in [0.1, 0.15) is 38.1 Å². The van der Waals surface area contributed by atoms with Crippen LogP contribution in [0.15, 0.2) is 36.5 Å². The highest BCUT2D eigenvalue weighted by molar-refractivity contribution is 6.00. The number of esters is 1. The largest absolute Gasteiger partial charge is 0.462 e. The first-order valence-electron chi connectivity index (χ1n) is 6.85. The van der Waals surface area contributed by atoms with E-state index in [2.05, 4.69) is 10.6 Å². The van der Waals surface area contributed by atoms with Crippen LogP contribution in [-0.2, 0) is 4.74 Å². The molecular formula is C16H22N2O3. The van der Waals surface area contributed by atoms with E-state index in [0.29, 0.717) is 11.3 Å². The second-order valence-electron chi connectivity index (χ2n) is 5.56. The Morgan fingerprint density at radius 1 is 1.24 bits per heavy atom. The lowest BCUT2D eigenvalue weighted by Gasteiger charge is -2.12. The number of para-hydroxylation sites is 1. The molecule has 2 amide bonds. The van der Waals surface area contributed by atoms with Crippen LogP contribution in [0.4, 0.5) is 10.5 Å². The Morgan fingerprint density at radius 2 is 1.90 bits per heavy atom. The number of urea groups is 1. The first-order chi connectivity index (χ1) is 9.83. The number of nitrogens with one attached hydrogen (secondary N) is 2. The molecule has 0 aromatic heterocycles. The van der Waals surface area contributed by atoms with E-state index in [1.54, 1.807) is 37.4 Å². The maximum absolute atomic E-state index is 11.8. The number of hydrogen-bond donors (Lipinski definition) is 2. The van der Waals surface area contributed by atoms with Crippen molar-refractivity contribution in [1.82, 2.24) is 5.32 Å². The predicted molar refractivity (Wildman–Crippen MR) is 83.1 cm³/mol. The van der Waals surface area contributed by atoms with E-state index in [-0.39, 0.29) is 12.0 Å². The van der Waals surface area contributed by atoms with Gasteiger partial charge in [-0.1, -0.05) is 39.0 Å². The van der Waals surface area contributed by atoms with Crippen molar-refractivity contribution in [3.8, 4) is 0 Å². The molecule has 5 heteroatoms. The van der Waals surface area contributed by atoms with Crippen LogP contribution in [-0.4, -0.2) is 18.6 Å². The number of hydrogen-bond acceptors (Lipinski definition) is 3. The summed E-state index contributed by atoms with van der Waals surface area (Å²) in [6.45, 7) is 8.10. The van der Waals surface area contributed by atoms with Crippen LogP contribution < -0.4 is 10.6 Å². The highest BCUT2D eigenvalue weighted by Crippen LogP contribution is 2.16. The van der Waals surface area contributed by atoms with E-state index in [4.69, 9.17) is 4.74 Å². The third-order valence-electron chi connectivity index (χ3n) is 2.47. The van der Waals surface area contributed by atoms with E-state index in [9.17, 15) is 9.59 Å². The average Bonchev–Trinajstić information content (AvgIpc) is 2.38. The van der Waals surface area contributed by atoms with Gasteiger partial charge in [0.15, 0.2) is 0 Å². The van der Waals surface area contributed by atoms with Crippen molar-refractivity contribution in [2.75, 3.05) is 11.9 Å². The van der Waals surface area contributed by atoms with Gasteiger partial charge in [-0.15, -0.1) is 0 Å². The molecule has 0 bridgehead atoms. The zero-order valence-electron chi connectivity index (χ0n) is 12.9. The summed E-state index contributed by atoms with van der Waals surface area (Å²) >= 11 is 0. The Hall–Kier alpha value is -2.30. The molecular weight excluding hydrogens is 268 g/mol. The van der Waals surface area contributed by atoms with Crippen LogP contribution >= 0.6 is 0 Å². The van der Waals surface area contributed by atoms with Gasteiger partial charge in [-0.25, -0.2) is 9.59 Å². The van der Waals surface area contributed by atoms with Gasteiger partial charge >= 0.3 is 12.0 Å². The summed E-state index contributed by atoms with van der Waals surface area (Å²) in [5.74, 6) is -0.460. The summed E-state index contributed by atoms with van der Waals surface area (Å²) < 4.78 is 4.95. The first kappa shape index (κ1) is 16.8. The van der Waals surface area contributed by atoms with Gasteiger partial charge < -0.3 is 15.4 Å². The minimum atomic E-state index is -0.460. The van der Waals surface area contributed by atoms with Crippen molar-refractivity contribution in [2.24, 2.45) is 5.41 Å². The van der Waals surface area contributed by atoms with Crippen LogP contribution in [0.5, 0.6) is 0 Å². The van der Waals surface area contributed by atoms with Gasteiger partial charge in [0.2, 0.25) is 0 Å². The summed E-state index contributed by atoms with van der Waals surface area (Å²) in [6, 6.07) is 6.31. The maximum atomic E-state index is 11.8. The van der Waals surface area contributed by atoms with Gasteiger partial charge in [0.05, 0.1) is 17.9 Å². The molecule has 1 aromatic rings. The van der Waals surface area contributed by atoms with Crippen molar-refractivity contribution >= 4 is 17.7 Å². The average molecular weight is 290 g/mol. The van der Waals surface area contributed by atoms with Gasteiger partial charge in [-0.2, -0.15) is 0 Å². The second-order valence-corrected chi connectivity index (χ2v) is 5.56. The van der Waals surface area contributed by atoms with Gasteiger partial charge in [-0.05, 0) is 24.5 Å². The Bertz CT molecular complexity index is 531. The SMILES string of the molecule is CCOC(=O)c1ccccc1NC(=O)N/C=C/C(C)(C)C. The van der Waals surface area contributed by atoms with Crippen molar-refractivity contribution in [2.45, 2.75) is 27.7 Å². The molecule has 0 aliphatic carbocycles. The molecule has 0 heterocycles. The van der Waals surface area contributed by atoms with Gasteiger partial charge in [-0.3, -0.25) is 0 Å². The van der Waals surface area contributed by atoms with Crippen LogP contribution in [0.3, 0.4) is 0 Å². The highest BCUT2D eigenvalue weighted by atomic mass is 16.5. The molecule has 0 radical (unpaired) electrons. The highest BCUT2D eigenvalue weighted by Gasteiger charge is 2.13. The summed E-state index contributed by atoms with van der Waals surface area (Å²) in [6.07, 6.45) is 3.46. The minimum Gasteiger partial charge on any atom is -0.462 e. The zero-order chi connectivity index (χ0) is 15.9. The van der Waals surface area contributed by atoms with Crippen LogP contribution in [0.2, 0.25) is 0 Å². The third kappa shape index (κ3) is 6.12. The molecule has 5 nitrogen and oxygen atoms in total. The van der Waals surface area contributed by atoms with Gasteiger partial charge in [0, 0.05) is 6.20 Å². The topological polar surface area (TPSA) is 67.4 Å². The predicted octanol–water partition coefficient (Wildman–Crippen LogP) is 3.54. The van der Waals surface area contributed by atoms with Crippen LogP contribution in [0, 0.1) is 5.41 Å². The van der Waals surface area contributed by atoms with E-state index < -0.39 is 12.0 Å². The van der Waals surface area contributed by atoms with E-state index in [0.717, 1.165) is 0 Å². The third-order valence-corrected chi connectivity index (χ3v) is 2.47. The number of allylic oxidation sites excluding steroid dienone is 1. The lowest BCUT2D eigenvalue weighted by Crippen LogP contribution is -2.25. The molecule has 21 heavy (non-hydrogen) atoms. The number of anilines is 1. The molecule has 0 aliphatic heterocycles. The zero-order valence-corrected chi connectivity index (χ0v) is 12.9. The number of amides is 2. The maximum Gasteiger partial charge on any atom is 0.340 e. The molecule has 1 aromatic carbocycles. The molecule has 0 fully saturated rings. The fourth-order valence-electron chi connectivity index (χ4n) is 1.50. The molecule has 114 valence electrons. The Morgan fingerprint density at radius 3 is 2.52 bits per heavy atom. The fraction of sp³-hybridized carbons (Fsp3) is 0.375. The normalized spacial score (nSPS) is 11.2. The summed E-state index contributed by atoms with van der Waals surface area (Å²) in [4.78, 5) is 23.6. The van der Waals surface area contributed by atoms with Crippen molar-refractivity contribution < 1.29 is 14.3 Å². The number of carbonyl (C=O) groups is 2. The standard InChI is InChI=1S/C16H22N2O3/c1-5-21-14(19)12-8-6-7-9-13(12)18-15(20)17-11-10-16(2,3)4/h6-11H,5H2,1-4H3,(H2,17,18,20)/b11-10+. The van der Waals surface area contributed by atoms with Crippen molar-refractivity contribution in [3.05, 3.63) is 42.1 Å². The Kier molecular flexibility index (Phi) is 5.96. The molecule has 0 saturated heterocycles. The molecule has 0 saturated carbocycles. The van der Waals surface area contributed by atoms with Gasteiger partial charge in [0.25, 0.3) is 0 Å². The fourth-order valence-corrected chi connectivity index (χ4v) is 1.50. The van der Waals surface area contributed by atoms with Gasteiger partial charge in [0.1, 0.15) is 0 Å². The lowest BCUT2D eigenvalue weighted by molar-refractivity contribution is 0.0527. The van der Waals surface area contributed by atoms with Crippen molar-refractivity contribution in [1.29, 1.82) is 0 Å². The van der Waals surface area contributed by atoms with E-state index in [1.165, 1.54) is 0 Å². The van der Waals surface area contributed by atoms with E-state index >= 15 is 0 Å². The number of ether oxygens (including phenoxy) is 1. The van der Waals surface area contributed by atoms with Crippen molar-refractivity contribution in [3.63, 3.8) is 0 Å². The summed E-state index contributed by atoms with van der Waals surface area (Å²) in [5, 5.41) is 5.24. The summed E-state index contributed by atoms with van der Waals surface area (Å²) in [5.41, 5.74) is 0.725. The monoisotopic (exact) mass is 290 g/mol. The molecule has 0 aliphatic rings. The second kappa shape index (κ2) is 7.47. The first-order valence-corrected chi connectivity index (χ1v) is 6.85. The Balaban J connectivity index is 2.72. The Labute approximate surface area is 125 Å². The lowest BCUT2D eigenvalue weighted by atomic mass is 9.97. The van der Waals surface area contributed by atoms with E-state index in [1.807, 2.05) is 26.8 Å². The molecule has 0 atom stereocenters. The molecule has 0 unspecified atom stereocenters. The molecule has 2 N–H and O–H groups in total. The molecule has 1 rings (SSSR count).